The molecule has 0 bridgehead atoms. The van der Waals surface area contributed by atoms with Crippen LogP contribution in [0.25, 0.3) is 10.9 Å². The summed E-state index contributed by atoms with van der Waals surface area (Å²) >= 11 is 0. The maximum atomic E-state index is 13.3. The van der Waals surface area contributed by atoms with Gasteiger partial charge in [0.15, 0.2) is 0 Å². The minimum absolute atomic E-state index is 0.0269. The molecule has 0 saturated carbocycles. The fourth-order valence-electron chi connectivity index (χ4n) is 2.10. The van der Waals surface area contributed by atoms with E-state index in [0.717, 1.165) is 6.42 Å². The van der Waals surface area contributed by atoms with Gasteiger partial charge in [0, 0.05) is 23.6 Å². The van der Waals surface area contributed by atoms with Crippen molar-refractivity contribution in [1.29, 1.82) is 0 Å². The van der Waals surface area contributed by atoms with Gasteiger partial charge in [-0.2, -0.15) is 0 Å². The molecule has 6 heteroatoms. The van der Waals surface area contributed by atoms with Gasteiger partial charge in [-0.3, -0.25) is 0 Å². The number of nitrogens with two attached hydrogens (primary N) is 1. The molecule has 20 heavy (non-hydrogen) atoms. The summed E-state index contributed by atoms with van der Waals surface area (Å²) in [5.41, 5.74) is 0.804. The van der Waals surface area contributed by atoms with Crippen molar-refractivity contribution in [2.75, 3.05) is 0 Å². The molecule has 0 unspecified atom stereocenters. The van der Waals surface area contributed by atoms with Crippen LogP contribution in [0.15, 0.2) is 29.3 Å². The smallest absolute Gasteiger partial charge is 0.240 e. The van der Waals surface area contributed by atoms with E-state index >= 15 is 0 Å². The Balaban J connectivity index is 2.57. The number of benzene rings is 1. The van der Waals surface area contributed by atoms with E-state index < -0.39 is 15.8 Å². The average Bonchev–Trinajstić information content (AvgIpc) is 2.63. The second-order valence-electron chi connectivity index (χ2n) is 6.20. The van der Waals surface area contributed by atoms with E-state index in [1.54, 1.807) is 6.07 Å². The van der Waals surface area contributed by atoms with Gasteiger partial charge in [-0.25, -0.2) is 17.9 Å². The van der Waals surface area contributed by atoms with Crippen molar-refractivity contribution in [3.63, 3.8) is 0 Å². The molecule has 0 spiro atoms. The van der Waals surface area contributed by atoms with Gasteiger partial charge in [-0.05, 0) is 30.0 Å². The first-order valence-corrected chi connectivity index (χ1v) is 7.94. The van der Waals surface area contributed by atoms with Crippen LogP contribution in [0.3, 0.4) is 0 Å². The summed E-state index contributed by atoms with van der Waals surface area (Å²) in [7, 11) is -3.87. The minimum Gasteiger partial charge on any atom is -0.346 e. The molecule has 2 rings (SSSR count). The van der Waals surface area contributed by atoms with Crippen LogP contribution in [0, 0.1) is 11.2 Å². The number of nitrogens with zero attached hydrogens (tertiary/aromatic N) is 1. The van der Waals surface area contributed by atoms with Crippen molar-refractivity contribution < 1.29 is 12.8 Å². The highest BCUT2D eigenvalue weighted by molar-refractivity contribution is 7.89. The van der Waals surface area contributed by atoms with Gasteiger partial charge >= 0.3 is 0 Å². The van der Waals surface area contributed by atoms with Crippen molar-refractivity contribution in [3.05, 3.63) is 30.2 Å². The average molecular weight is 298 g/mol. The Morgan fingerprint density at radius 1 is 1.30 bits per heavy atom. The van der Waals surface area contributed by atoms with Gasteiger partial charge in [0.25, 0.3) is 0 Å². The van der Waals surface area contributed by atoms with Gasteiger partial charge in [-0.1, -0.05) is 20.8 Å². The third kappa shape index (κ3) is 3.19. The molecular formula is C14H19FN2O2S. The van der Waals surface area contributed by atoms with Crippen molar-refractivity contribution >= 4 is 20.9 Å². The van der Waals surface area contributed by atoms with Crippen LogP contribution in [0.4, 0.5) is 4.39 Å². The standard InChI is InChI=1S/C14H19FN2O2S/c1-14(2,3)6-7-17-9-13(20(16,18)19)11-8-10(15)4-5-12(11)17/h4-5,8-9H,6-7H2,1-3H3,(H2,16,18,19). The maximum absolute atomic E-state index is 13.3. The lowest BCUT2D eigenvalue weighted by molar-refractivity contribution is 0.353. The summed E-state index contributed by atoms with van der Waals surface area (Å²) in [5, 5.41) is 5.54. The van der Waals surface area contributed by atoms with Gasteiger partial charge in [0.2, 0.25) is 10.0 Å². The number of rotatable bonds is 3. The van der Waals surface area contributed by atoms with E-state index in [4.69, 9.17) is 5.14 Å². The minimum atomic E-state index is -3.87. The first-order valence-electron chi connectivity index (χ1n) is 6.39. The highest BCUT2D eigenvalue weighted by Crippen LogP contribution is 2.27. The fourth-order valence-corrected chi connectivity index (χ4v) is 2.85. The molecule has 0 radical (unpaired) electrons. The van der Waals surface area contributed by atoms with Crippen LogP contribution >= 0.6 is 0 Å². The molecule has 0 atom stereocenters. The molecule has 0 fully saturated rings. The Kier molecular flexibility index (Phi) is 3.64. The summed E-state index contributed by atoms with van der Waals surface area (Å²) < 4.78 is 38.4. The lowest BCUT2D eigenvalue weighted by atomic mass is 9.92. The SMILES string of the molecule is CC(C)(C)CCn1cc(S(N)(=O)=O)c2cc(F)ccc21. The molecule has 2 aromatic rings. The zero-order chi connectivity index (χ0) is 15.1. The number of sulfonamides is 1. The third-order valence-corrected chi connectivity index (χ3v) is 4.15. The molecule has 2 N–H and O–H groups in total. The molecule has 0 aliphatic carbocycles. The molecule has 0 amide bonds. The van der Waals surface area contributed by atoms with E-state index in [9.17, 15) is 12.8 Å². The number of aryl methyl sites for hydroxylation is 1. The summed E-state index contributed by atoms with van der Waals surface area (Å²) in [5.74, 6) is -0.476. The molecule has 1 heterocycles. The molecular weight excluding hydrogens is 279 g/mol. The fraction of sp³-hybridized carbons (Fsp3) is 0.429. The number of primary sulfonamides is 1. The Hall–Kier alpha value is -1.40. The highest BCUT2D eigenvalue weighted by Gasteiger charge is 2.19. The Morgan fingerprint density at radius 3 is 2.50 bits per heavy atom. The maximum Gasteiger partial charge on any atom is 0.240 e. The van der Waals surface area contributed by atoms with E-state index in [2.05, 4.69) is 20.8 Å². The summed E-state index contributed by atoms with van der Waals surface area (Å²) in [4.78, 5) is -0.0269. The first-order chi connectivity index (χ1) is 9.08. The lowest BCUT2D eigenvalue weighted by Gasteiger charge is -2.18. The predicted molar refractivity (Wildman–Crippen MR) is 77.3 cm³/mol. The van der Waals surface area contributed by atoms with Crippen molar-refractivity contribution in [2.24, 2.45) is 10.6 Å². The Bertz CT molecular complexity index is 742. The largest absolute Gasteiger partial charge is 0.346 e. The van der Waals surface area contributed by atoms with Crippen LogP contribution in [0.2, 0.25) is 0 Å². The summed E-state index contributed by atoms with van der Waals surface area (Å²) in [6, 6.07) is 4.12. The predicted octanol–water partition coefficient (Wildman–Crippen LogP) is 2.86. The molecule has 0 aliphatic heterocycles. The zero-order valence-electron chi connectivity index (χ0n) is 11.9. The quantitative estimate of drug-likeness (QED) is 0.947. The van der Waals surface area contributed by atoms with Crippen LogP contribution in [0.5, 0.6) is 0 Å². The normalized spacial score (nSPS) is 13.1. The third-order valence-electron chi connectivity index (χ3n) is 3.22. The number of halogens is 1. The lowest BCUT2D eigenvalue weighted by Crippen LogP contribution is -2.12. The molecule has 0 aliphatic rings. The van der Waals surface area contributed by atoms with Crippen molar-refractivity contribution in [1.82, 2.24) is 4.57 Å². The van der Waals surface area contributed by atoms with Crippen LogP contribution < -0.4 is 5.14 Å². The molecule has 0 saturated heterocycles. The topological polar surface area (TPSA) is 65.1 Å². The van der Waals surface area contributed by atoms with Crippen LogP contribution in [-0.2, 0) is 16.6 Å². The second-order valence-corrected chi connectivity index (χ2v) is 7.73. The van der Waals surface area contributed by atoms with Gasteiger partial charge in [0.05, 0.1) is 0 Å². The second kappa shape index (κ2) is 4.86. The van der Waals surface area contributed by atoms with E-state index in [-0.39, 0.29) is 10.3 Å². The Labute approximate surface area is 118 Å². The van der Waals surface area contributed by atoms with Crippen molar-refractivity contribution in [3.8, 4) is 0 Å². The van der Waals surface area contributed by atoms with Gasteiger partial charge in [-0.15, -0.1) is 0 Å². The monoisotopic (exact) mass is 298 g/mol. The number of hydrogen-bond donors (Lipinski definition) is 1. The summed E-state index contributed by atoms with van der Waals surface area (Å²) in [6.07, 6.45) is 2.36. The van der Waals surface area contributed by atoms with Gasteiger partial charge in [0.1, 0.15) is 10.7 Å². The first kappa shape index (κ1) is 15.0. The van der Waals surface area contributed by atoms with Crippen LogP contribution in [0.1, 0.15) is 27.2 Å². The summed E-state index contributed by atoms with van der Waals surface area (Å²) in [6.45, 7) is 6.98. The molecule has 1 aromatic heterocycles. The number of hydrogen-bond acceptors (Lipinski definition) is 2. The highest BCUT2D eigenvalue weighted by atomic mass is 32.2. The number of aromatic nitrogens is 1. The molecule has 110 valence electrons. The van der Waals surface area contributed by atoms with E-state index in [1.165, 1.54) is 18.3 Å². The van der Waals surface area contributed by atoms with Crippen LogP contribution in [-0.4, -0.2) is 13.0 Å². The molecule has 4 nitrogen and oxygen atoms in total. The van der Waals surface area contributed by atoms with E-state index in [0.29, 0.717) is 17.4 Å². The number of fused-ring (bicyclic) bond motifs is 1. The molecule has 1 aromatic carbocycles. The zero-order valence-corrected chi connectivity index (χ0v) is 12.7. The van der Waals surface area contributed by atoms with Crippen molar-refractivity contribution in [2.45, 2.75) is 38.6 Å². The van der Waals surface area contributed by atoms with Gasteiger partial charge < -0.3 is 4.57 Å². The Morgan fingerprint density at radius 2 is 1.95 bits per heavy atom. The van der Waals surface area contributed by atoms with E-state index in [1.807, 2.05) is 4.57 Å².